The Labute approximate surface area is 127 Å². The molecule has 0 aliphatic heterocycles. The Hall–Kier alpha value is -1.35. The van der Waals surface area contributed by atoms with E-state index >= 15 is 0 Å². The van der Waals surface area contributed by atoms with Crippen molar-refractivity contribution in [3.05, 3.63) is 30.1 Å². The summed E-state index contributed by atoms with van der Waals surface area (Å²) in [5.74, 6) is 1.11. The van der Waals surface area contributed by atoms with E-state index < -0.39 is 0 Å². The van der Waals surface area contributed by atoms with Crippen molar-refractivity contribution in [2.24, 2.45) is 5.41 Å². The molecule has 1 aromatic carbocycles. The van der Waals surface area contributed by atoms with Crippen molar-refractivity contribution in [2.45, 2.75) is 59.0 Å². The van der Waals surface area contributed by atoms with Crippen LogP contribution in [0.5, 0.6) is 0 Å². The van der Waals surface area contributed by atoms with E-state index in [2.05, 4.69) is 59.9 Å². The number of rotatable bonds is 4. The Kier molecular flexibility index (Phi) is 4.03. The van der Waals surface area contributed by atoms with Gasteiger partial charge in [-0.25, -0.2) is 4.98 Å². The molecule has 3 rings (SSSR count). The van der Waals surface area contributed by atoms with Crippen LogP contribution in [0.4, 0.5) is 0 Å². The van der Waals surface area contributed by atoms with E-state index in [1.165, 1.54) is 31.2 Å². The first-order chi connectivity index (χ1) is 10.1. The lowest BCUT2D eigenvalue weighted by Crippen LogP contribution is -2.38. The van der Waals surface area contributed by atoms with E-state index in [0.717, 1.165) is 24.4 Å². The number of aromatic nitrogens is 2. The van der Waals surface area contributed by atoms with Crippen LogP contribution in [0.1, 0.15) is 45.4 Å². The molecule has 0 saturated heterocycles. The minimum absolute atomic E-state index is 0.507. The van der Waals surface area contributed by atoms with Gasteiger partial charge in [0.2, 0.25) is 0 Å². The number of benzene rings is 1. The van der Waals surface area contributed by atoms with E-state index in [-0.39, 0.29) is 0 Å². The van der Waals surface area contributed by atoms with Crippen LogP contribution in [0.25, 0.3) is 11.0 Å². The molecule has 0 spiro atoms. The lowest BCUT2D eigenvalue weighted by molar-refractivity contribution is 0.198. The Bertz CT molecular complexity index is 612. The maximum atomic E-state index is 4.64. The van der Waals surface area contributed by atoms with Crippen molar-refractivity contribution < 1.29 is 0 Å². The van der Waals surface area contributed by atoms with Crippen molar-refractivity contribution in [3.8, 4) is 0 Å². The van der Waals surface area contributed by atoms with Crippen LogP contribution in [0, 0.1) is 12.3 Å². The van der Waals surface area contributed by atoms with Gasteiger partial charge in [0.15, 0.2) is 0 Å². The third kappa shape index (κ3) is 3.29. The Balaban J connectivity index is 1.61. The number of nitrogens with one attached hydrogen (secondary N) is 1. The number of nitrogens with zero attached hydrogens (tertiary/aromatic N) is 2. The molecule has 1 N–H and O–H groups in total. The number of para-hydroxylation sites is 2. The van der Waals surface area contributed by atoms with Gasteiger partial charge in [0.05, 0.1) is 11.0 Å². The summed E-state index contributed by atoms with van der Waals surface area (Å²) in [6.45, 7) is 8.93. The molecule has 2 aromatic rings. The van der Waals surface area contributed by atoms with E-state index in [1.807, 2.05) is 0 Å². The van der Waals surface area contributed by atoms with E-state index in [1.54, 1.807) is 0 Å². The Morgan fingerprint density at radius 2 is 2.14 bits per heavy atom. The summed E-state index contributed by atoms with van der Waals surface area (Å²) in [5, 5.41) is 3.76. The topological polar surface area (TPSA) is 29.9 Å². The highest BCUT2D eigenvalue weighted by molar-refractivity contribution is 5.75. The molecule has 1 aliphatic rings. The highest BCUT2D eigenvalue weighted by atomic mass is 15.1. The molecular formula is C18H27N3. The zero-order chi connectivity index (χ0) is 14.9. The number of hydrogen-bond acceptors (Lipinski definition) is 2. The van der Waals surface area contributed by atoms with Gasteiger partial charge in [0, 0.05) is 19.1 Å². The quantitative estimate of drug-likeness (QED) is 0.923. The fraction of sp³-hybridized carbons (Fsp3) is 0.611. The highest BCUT2D eigenvalue weighted by Gasteiger charge is 2.27. The number of aryl methyl sites for hydroxylation is 1. The predicted octanol–water partition coefficient (Wildman–Crippen LogP) is 3.90. The van der Waals surface area contributed by atoms with Crippen LogP contribution in [0.2, 0.25) is 0 Å². The van der Waals surface area contributed by atoms with Crippen molar-refractivity contribution in [1.82, 2.24) is 14.9 Å². The van der Waals surface area contributed by atoms with Crippen LogP contribution in [-0.2, 0) is 6.54 Å². The van der Waals surface area contributed by atoms with Crippen molar-refractivity contribution in [3.63, 3.8) is 0 Å². The molecule has 21 heavy (non-hydrogen) atoms. The van der Waals surface area contributed by atoms with Crippen molar-refractivity contribution >= 4 is 11.0 Å². The molecule has 1 aromatic heterocycles. The van der Waals surface area contributed by atoms with Crippen LogP contribution < -0.4 is 5.32 Å². The van der Waals surface area contributed by atoms with Gasteiger partial charge in [-0.2, -0.15) is 0 Å². The molecule has 1 saturated carbocycles. The fourth-order valence-electron chi connectivity index (χ4n) is 3.73. The Morgan fingerprint density at radius 1 is 1.33 bits per heavy atom. The maximum Gasteiger partial charge on any atom is 0.106 e. The Morgan fingerprint density at radius 3 is 2.95 bits per heavy atom. The summed E-state index contributed by atoms with van der Waals surface area (Å²) >= 11 is 0. The SMILES string of the molecule is Cc1nc2ccccc2n1CCNC1CCCC(C)(C)C1. The number of fused-ring (bicyclic) bond motifs is 1. The second-order valence-corrected chi connectivity index (χ2v) is 7.21. The summed E-state index contributed by atoms with van der Waals surface area (Å²) < 4.78 is 2.33. The zero-order valence-corrected chi connectivity index (χ0v) is 13.5. The van der Waals surface area contributed by atoms with Gasteiger partial charge < -0.3 is 9.88 Å². The average molecular weight is 285 g/mol. The number of hydrogen-bond donors (Lipinski definition) is 1. The summed E-state index contributed by atoms with van der Waals surface area (Å²) in [7, 11) is 0. The average Bonchev–Trinajstić information content (AvgIpc) is 2.74. The standard InChI is InChI=1S/C18H27N3/c1-14-20-16-8-4-5-9-17(16)21(14)12-11-19-15-7-6-10-18(2,3)13-15/h4-5,8-9,15,19H,6-7,10-13H2,1-3H3. The zero-order valence-electron chi connectivity index (χ0n) is 13.5. The van der Waals surface area contributed by atoms with Crippen LogP contribution in [-0.4, -0.2) is 22.1 Å². The van der Waals surface area contributed by atoms with Gasteiger partial charge in [-0.05, 0) is 43.7 Å². The second-order valence-electron chi connectivity index (χ2n) is 7.21. The van der Waals surface area contributed by atoms with Crippen molar-refractivity contribution in [2.75, 3.05) is 6.54 Å². The maximum absolute atomic E-state index is 4.64. The van der Waals surface area contributed by atoms with Gasteiger partial charge in [0.1, 0.15) is 5.82 Å². The predicted molar refractivity (Wildman–Crippen MR) is 88.5 cm³/mol. The van der Waals surface area contributed by atoms with Crippen LogP contribution in [0.3, 0.4) is 0 Å². The van der Waals surface area contributed by atoms with Gasteiger partial charge >= 0.3 is 0 Å². The van der Waals surface area contributed by atoms with Gasteiger partial charge in [0.25, 0.3) is 0 Å². The van der Waals surface area contributed by atoms with E-state index in [0.29, 0.717) is 11.5 Å². The van der Waals surface area contributed by atoms with Gasteiger partial charge in [-0.3, -0.25) is 0 Å². The van der Waals surface area contributed by atoms with Crippen LogP contribution >= 0.6 is 0 Å². The van der Waals surface area contributed by atoms with Gasteiger partial charge in [-0.1, -0.05) is 32.4 Å². The third-order valence-corrected chi connectivity index (χ3v) is 4.82. The second kappa shape index (κ2) is 5.80. The summed E-state index contributed by atoms with van der Waals surface area (Å²) in [6, 6.07) is 9.09. The third-order valence-electron chi connectivity index (χ3n) is 4.82. The first-order valence-corrected chi connectivity index (χ1v) is 8.20. The summed E-state index contributed by atoms with van der Waals surface area (Å²) in [6.07, 6.45) is 5.36. The minimum atomic E-state index is 0.507. The molecule has 1 atom stereocenters. The molecule has 0 radical (unpaired) electrons. The van der Waals surface area contributed by atoms with E-state index in [4.69, 9.17) is 0 Å². The molecule has 1 unspecified atom stereocenters. The molecular weight excluding hydrogens is 258 g/mol. The highest BCUT2D eigenvalue weighted by Crippen LogP contribution is 2.34. The van der Waals surface area contributed by atoms with Crippen LogP contribution in [0.15, 0.2) is 24.3 Å². The fourth-order valence-corrected chi connectivity index (χ4v) is 3.73. The monoisotopic (exact) mass is 285 g/mol. The largest absolute Gasteiger partial charge is 0.327 e. The smallest absolute Gasteiger partial charge is 0.106 e. The summed E-state index contributed by atoms with van der Waals surface area (Å²) in [4.78, 5) is 4.64. The van der Waals surface area contributed by atoms with Gasteiger partial charge in [-0.15, -0.1) is 0 Å². The molecule has 0 bridgehead atoms. The molecule has 1 heterocycles. The molecule has 114 valence electrons. The van der Waals surface area contributed by atoms with E-state index in [9.17, 15) is 0 Å². The number of imidazole rings is 1. The molecule has 0 amide bonds. The van der Waals surface area contributed by atoms with Crippen molar-refractivity contribution in [1.29, 1.82) is 0 Å². The molecule has 3 nitrogen and oxygen atoms in total. The molecule has 1 aliphatic carbocycles. The lowest BCUT2D eigenvalue weighted by atomic mass is 9.75. The molecule has 3 heteroatoms. The molecule has 1 fully saturated rings. The first kappa shape index (κ1) is 14.6. The normalized spacial score (nSPS) is 21.8. The minimum Gasteiger partial charge on any atom is -0.327 e. The summed E-state index contributed by atoms with van der Waals surface area (Å²) in [5.41, 5.74) is 2.86. The first-order valence-electron chi connectivity index (χ1n) is 8.20. The lowest BCUT2D eigenvalue weighted by Gasteiger charge is -2.35.